The monoisotopic (exact) mass is 392 g/mol. The first-order valence-corrected chi connectivity index (χ1v) is 8.09. The van der Waals surface area contributed by atoms with E-state index in [0.717, 1.165) is 4.57 Å². The van der Waals surface area contributed by atoms with Crippen LogP contribution in [-0.2, 0) is 16.1 Å². The Morgan fingerprint density at radius 3 is 2.52 bits per heavy atom. The molecular formula is C17H13ClN2O7. The number of rotatable bonds is 6. The summed E-state index contributed by atoms with van der Waals surface area (Å²) >= 11 is 5.94. The zero-order valence-electron chi connectivity index (χ0n) is 13.7. The first kappa shape index (κ1) is 18.5. The largest absolute Gasteiger partial charge is 0.481 e. The van der Waals surface area contributed by atoms with E-state index < -0.39 is 35.7 Å². The number of carboxylic acids is 2. The van der Waals surface area contributed by atoms with E-state index in [2.05, 4.69) is 0 Å². The second-order valence-corrected chi connectivity index (χ2v) is 6.17. The molecule has 2 heterocycles. The molecule has 0 aliphatic rings. The van der Waals surface area contributed by atoms with Crippen molar-refractivity contribution >= 4 is 34.4 Å². The molecule has 0 fully saturated rings. The molecule has 1 aromatic carbocycles. The third-order valence-electron chi connectivity index (χ3n) is 3.99. The van der Waals surface area contributed by atoms with Gasteiger partial charge in [0.15, 0.2) is 0 Å². The Morgan fingerprint density at radius 2 is 1.93 bits per heavy atom. The number of benzene rings is 1. The molecule has 0 bridgehead atoms. The standard InChI is InChI=1S/C17H13ClN2O7/c18-9-3-4-12-11(6-9)15(23)20(13(16(24)25)7-14(21)22)17(26)19(12)8-10-2-1-5-27-10/h1-6,13H,7-8H2,(H,21,22)(H,24,25). The van der Waals surface area contributed by atoms with E-state index in [-0.39, 0.29) is 22.5 Å². The predicted octanol–water partition coefficient (Wildman–Crippen LogP) is 1.56. The normalized spacial score (nSPS) is 12.2. The summed E-state index contributed by atoms with van der Waals surface area (Å²) in [5.74, 6) is -2.68. The lowest BCUT2D eigenvalue weighted by Crippen LogP contribution is -2.45. The molecule has 27 heavy (non-hydrogen) atoms. The van der Waals surface area contributed by atoms with Crippen LogP contribution in [0.15, 0.2) is 50.6 Å². The molecule has 0 radical (unpaired) electrons. The summed E-state index contributed by atoms with van der Waals surface area (Å²) in [5.41, 5.74) is -1.66. The van der Waals surface area contributed by atoms with Crippen molar-refractivity contribution in [1.82, 2.24) is 9.13 Å². The van der Waals surface area contributed by atoms with Gasteiger partial charge in [0, 0.05) is 5.02 Å². The van der Waals surface area contributed by atoms with Gasteiger partial charge in [-0.15, -0.1) is 0 Å². The minimum absolute atomic E-state index is 0.00899. The van der Waals surface area contributed by atoms with Crippen molar-refractivity contribution in [1.29, 1.82) is 0 Å². The average molecular weight is 393 g/mol. The maximum Gasteiger partial charge on any atom is 0.332 e. The van der Waals surface area contributed by atoms with E-state index >= 15 is 0 Å². The maximum atomic E-state index is 12.9. The Bertz CT molecular complexity index is 1140. The molecule has 3 aromatic rings. The predicted molar refractivity (Wildman–Crippen MR) is 94.2 cm³/mol. The topological polar surface area (TPSA) is 132 Å². The Kier molecular flexibility index (Phi) is 4.87. The third kappa shape index (κ3) is 3.49. The van der Waals surface area contributed by atoms with Crippen molar-refractivity contribution in [2.75, 3.05) is 0 Å². The summed E-state index contributed by atoms with van der Waals surface area (Å²) in [6.07, 6.45) is 0.469. The van der Waals surface area contributed by atoms with Gasteiger partial charge >= 0.3 is 17.6 Å². The van der Waals surface area contributed by atoms with Crippen LogP contribution in [0.4, 0.5) is 0 Å². The lowest BCUT2D eigenvalue weighted by Gasteiger charge is -2.17. The van der Waals surface area contributed by atoms with Gasteiger partial charge < -0.3 is 14.6 Å². The number of hydrogen-bond acceptors (Lipinski definition) is 5. The molecule has 3 rings (SSSR count). The summed E-state index contributed by atoms with van der Waals surface area (Å²) in [5, 5.41) is 18.6. The van der Waals surface area contributed by atoms with Crippen molar-refractivity contribution in [2.45, 2.75) is 19.0 Å². The number of aliphatic carboxylic acids is 2. The highest BCUT2D eigenvalue weighted by Gasteiger charge is 2.28. The van der Waals surface area contributed by atoms with Gasteiger partial charge in [-0.3, -0.25) is 14.2 Å². The van der Waals surface area contributed by atoms with Crippen LogP contribution in [0.3, 0.4) is 0 Å². The van der Waals surface area contributed by atoms with E-state index in [1.165, 1.54) is 24.5 Å². The molecule has 0 saturated heterocycles. The number of halogens is 1. The van der Waals surface area contributed by atoms with Gasteiger partial charge in [-0.2, -0.15) is 0 Å². The summed E-state index contributed by atoms with van der Waals surface area (Å²) in [6.45, 7) is -0.0797. The number of aromatic nitrogens is 2. The number of nitrogens with zero attached hydrogens (tertiary/aromatic N) is 2. The van der Waals surface area contributed by atoms with Gasteiger partial charge in [0.2, 0.25) is 0 Å². The van der Waals surface area contributed by atoms with Gasteiger partial charge in [-0.1, -0.05) is 11.6 Å². The molecule has 0 spiro atoms. The van der Waals surface area contributed by atoms with Crippen LogP contribution in [0.5, 0.6) is 0 Å². The molecule has 0 aliphatic carbocycles. The Balaban J connectivity index is 2.36. The van der Waals surface area contributed by atoms with Crippen molar-refractivity contribution in [3.8, 4) is 0 Å². The fraction of sp³-hybridized carbons (Fsp3) is 0.176. The zero-order valence-corrected chi connectivity index (χ0v) is 14.4. The number of carboxylic acid groups (broad SMARTS) is 2. The van der Waals surface area contributed by atoms with Crippen LogP contribution in [0.25, 0.3) is 10.9 Å². The smallest absolute Gasteiger partial charge is 0.332 e. The van der Waals surface area contributed by atoms with Crippen LogP contribution in [-0.4, -0.2) is 31.3 Å². The second-order valence-electron chi connectivity index (χ2n) is 5.74. The molecule has 140 valence electrons. The van der Waals surface area contributed by atoms with Gasteiger partial charge in [0.05, 0.1) is 30.1 Å². The highest BCUT2D eigenvalue weighted by Crippen LogP contribution is 2.18. The fourth-order valence-electron chi connectivity index (χ4n) is 2.81. The minimum atomic E-state index is -1.87. The van der Waals surface area contributed by atoms with E-state index in [1.54, 1.807) is 12.1 Å². The minimum Gasteiger partial charge on any atom is -0.481 e. The molecule has 0 saturated carbocycles. The van der Waals surface area contributed by atoms with Gasteiger partial charge in [0.25, 0.3) is 5.56 Å². The summed E-state index contributed by atoms with van der Waals surface area (Å²) in [6, 6.07) is 5.59. The second kappa shape index (κ2) is 7.12. The highest BCUT2D eigenvalue weighted by atomic mass is 35.5. The first-order chi connectivity index (χ1) is 12.8. The van der Waals surface area contributed by atoms with Crippen LogP contribution < -0.4 is 11.2 Å². The summed E-state index contributed by atoms with van der Waals surface area (Å²) < 4.78 is 6.80. The zero-order chi connectivity index (χ0) is 19.7. The first-order valence-electron chi connectivity index (χ1n) is 7.71. The molecule has 10 heteroatoms. The van der Waals surface area contributed by atoms with E-state index in [9.17, 15) is 24.3 Å². The van der Waals surface area contributed by atoms with Gasteiger partial charge in [0.1, 0.15) is 11.8 Å². The van der Waals surface area contributed by atoms with Crippen LogP contribution in [0.2, 0.25) is 5.02 Å². The lowest BCUT2D eigenvalue weighted by atomic mass is 10.2. The highest BCUT2D eigenvalue weighted by molar-refractivity contribution is 6.31. The fourth-order valence-corrected chi connectivity index (χ4v) is 2.98. The molecule has 9 nitrogen and oxygen atoms in total. The quantitative estimate of drug-likeness (QED) is 0.650. The van der Waals surface area contributed by atoms with Crippen molar-refractivity contribution in [2.24, 2.45) is 0 Å². The molecule has 0 amide bonds. The van der Waals surface area contributed by atoms with Crippen molar-refractivity contribution in [3.05, 3.63) is 68.2 Å². The molecule has 1 atom stereocenters. The molecular weight excluding hydrogens is 380 g/mol. The molecule has 2 aromatic heterocycles. The molecule has 1 unspecified atom stereocenters. The van der Waals surface area contributed by atoms with Gasteiger partial charge in [-0.25, -0.2) is 14.2 Å². The van der Waals surface area contributed by atoms with Crippen molar-refractivity contribution in [3.63, 3.8) is 0 Å². The maximum absolute atomic E-state index is 12.9. The number of carbonyl (C=O) groups is 2. The Hall–Kier alpha value is -3.33. The van der Waals surface area contributed by atoms with Crippen molar-refractivity contribution < 1.29 is 24.2 Å². The Labute approximate surface area is 155 Å². The van der Waals surface area contributed by atoms with Crippen LogP contribution >= 0.6 is 11.6 Å². The molecule has 2 N–H and O–H groups in total. The number of furan rings is 1. The summed E-state index contributed by atoms with van der Waals surface area (Å²) in [7, 11) is 0. The Morgan fingerprint density at radius 1 is 1.19 bits per heavy atom. The molecule has 0 aliphatic heterocycles. The lowest BCUT2D eigenvalue weighted by molar-refractivity contribution is -0.147. The van der Waals surface area contributed by atoms with Gasteiger partial charge in [-0.05, 0) is 30.3 Å². The van der Waals surface area contributed by atoms with E-state index in [0.29, 0.717) is 10.3 Å². The van der Waals surface area contributed by atoms with E-state index in [4.69, 9.17) is 21.1 Å². The average Bonchev–Trinajstić information content (AvgIpc) is 3.10. The van der Waals surface area contributed by atoms with E-state index in [1.807, 2.05) is 0 Å². The third-order valence-corrected chi connectivity index (χ3v) is 4.23. The van der Waals surface area contributed by atoms with Crippen LogP contribution in [0.1, 0.15) is 18.2 Å². The summed E-state index contributed by atoms with van der Waals surface area (Å²) in [4.78, 5) is 48.3. The number of hydrogen-bond donors (Lipinski definition) is 2. The number of fused-ring (bicyclic) bond motifs is 1. The SMILES string of the molecule is O=C(O)CC(C(=O)O)n1c(=O)c2cc(Cl)ccc2n(Cc2ccco2)c1=O. The van der Waals surface area contributed by atoms with Crippen LogP contribution in [0, 0.1) is 0 Å².